The van der Waals surface area contributed by atoms with Crippen LogP contribution in [0.15, 0.2) is 182 Å². The van der Waals surface area contributed by atoms with Crippen LogP contribution in [0.1, 0.15) is 88.3 Å². The van der Waals surface area contributed by atoms with Gasteiger partial charge in [0, 0.05) is 5.75 Å². The predicted octanol–water partition coefficient (Wildman–Crippen LogP) is 6.56. The molecule has 0 bridgehead atoms. The van der Waals surface area contributed by atoms with Crippen LogP contribution in [0.3, 0.4) is 0 Å². The van der Waals surface area contributed by atoms with E-state index in [-0.39, 0.29) is 5.75 Å². The molecule has 16 nitrogen and oxygen atoms in total. The van der Waals surface area contributed by atoms with Crippen LogP contribution in [0.25, 0.3) is 0 Å². The zero-order valence-corrected chi connectivity index (χ0v) is 47.0. The molecule has 0 aliphatic carbocycles. The summed E-state index contributed by atoms with van der Waals surface area (Å²) < 4.78 is 5.14. The Bertz CT molecular complexity index is 2810. The molecule has 6 rings (SSSR count). The number of carbonyl (C=O) groups is 7. The summed E-state index contributed by atoms with van der Waals surface area (Å²) in [5.74, 6) is -6.40. The van der Waals surface area contributed by atoms with Crippen molar-refractivity contribution in [2.45, 2.75) is 107 Å². The van der Waals surface area contributed by atoms with E-state index in [1.165, 1.54) is 18.7 Å². The number of nitrogens with one attached hydrogen (secondary N) is 6. The first kappa shape index (κ1) is 61.1. The van der Waals surface area contributed by atoms with Crippen LogP contribution in [0, 0.1) is 5.92 Å². The van der Waals surface area contributed by atoms with E-state index >= 15 is 0 Å². The average molecular weight is 1100 g/mol. The Hall–Kier alpha value is -8.12. The van der Waals surface area contributed by atoms with Gasteiger partial charge in [0.2, 0.25) is 35.4 Å². The fraction of sp³-hybridized carbons (Fsp3) is 0.317. The third-order valence-electron chi connectivity index (χ3n) is 13.3. The smallest absolute Gasteiger partial charge is 0.322 e. The van der Waals surface area contributed by atoms with Crippen LogP contribution in [0.2, 0.25) is 0 Å². The Morgan fingerprint density at radius 1 is 0.512 bits per heavy atom. The number of nitrogens with two attached hydrogens (primary N) is 1. The highest BCUT2D eigenvalue weighted by Gasteiger charge is 2.42. The molecule has 0 fully saturated rings. The highest BCUT2D eigenvalue weighted by atomic mass is 32.2. The third-order valence-corrected chi connectivity index (χ3v) is 15.0. The summed E-state index contributed by atoms with van der Waals surface area (Å²) in [4.78, 5) is 96.9. The van der Waals surface area contributed by atoms with Gasteiger partial charge in [0.15, 0.2) is 0 Å². The van der Waals surface area contributed by atoms with Crippen LogP contribution in [0.4, 0.5) is 0 Å². The number of carboxylic acids is 1. The minimum atomic E-state index is -1.42. The second kappa shape index (κ2) is 28.2. The molecule has 0 heterocycles. The van der Waals surface area contributed by atoms with Gasteiger partial charge in [0.25, 0.3) is 0 Å². The number of carbonyl (C=O) groups excluding carboxylic acids is 6. The normalized spacial score (nSPS) is 14.0. The summed E-state index contributed by atoms with van der Waals surface area (Å²) >= 11 is 1.36. The number of aliphatic carboxylic acids is 1. The maximum atomic E-state index is 14.9. The molecule has 0 unspecified atom stereocenters. The van der Waals surface area contributed by atoms with Crippen molar-refractivity contribution < 1.29 is 43.4 Å². The third kappa shape index (κ3) is 15.8. The Balaban J connectivity index is 1.24. The van der Waals surface area contributed by atoms with E-state index in [4.69, 9.17) is 10.5 Å². The van der Waals surface area contributed by atoms with Crippen molar-refractivity contribution in [3.05, 3.63) is 215 Å². The SMILES string of the molecule is CC(C)[C@H](NC(=O)[C@@H](N)CC(=O)NC(c1ccccc1)(c1ccccc1)c1ccccc1)C(=O)N[C@@H](C)C(=O)N[C@@H](CSC(c1ccccc1)(c1ccccc1)c1ccccc1)C(=O)N[C@H](C(=O)NCC(=O)O)[C@@H](C)OC(C)(C)C. The lowest BCUT2D eigenvalue weighted by molar-refractivity contribution is -0.142. The van der Waals surface area contributed by atoms with Gasteiger partial charge in [-0.05, 0) is 73.9 Å². The number of hydrogen-bond acceptors (Lipinski definition) is 10. The lowest BCUT2D eigenvalue weighted by Crippen LogP contribution is -2.61. The number of benzene rings is 6. The molecule has 6 aromatic carbocycles. The molecule has 0 aromatic heterocycles. The number of rotatable bonds is 26. The maximum absolute atomic E-state index is 14.9. The Labute approximate surface area is 472 Å². The van der Waals surface area contributed by atoms with Gasteiger partial charge in [-0.15, -0.1) is 11.8 Å². The molecule has 0 spiro atoms. The van der Waals surface area contributed by atoms with Gasteiger partial charge < -0.3 is 47.5 Å². The van der Waals surface area contributed by atoms with Crippen molar-refractivity contribution in [2.24, 2.45) is 11.7 Å². The molecule has 0 saturated heterocycles. The molecule has 0 aliphatic heterocycles. The minimum Gasteiger partial charge on any atom is -0.480 e. The van der Waals surface area contributed by atoms with Crippen LogP contribution in [-0.2, 0) is 48.6 Å². The number of thioether (sulfide) groups is 1. The Morgan fingerprint density at radius 3 is 1.30 bits per heavy atom. The fourth-order valence-electron chi connectivity index (χ4n) is 9.50. The van der Waals surface area contributed by atoms with Gasteiger partial charge in [0.05, 0.1) is 28.9 Å². The molecule has 6 aromatic rings. The molecule has 0 radical (unpaired) electrons. The molecule has 6 atom stereocenters. The van der Waals surface area contributed by atoms with E-state index in [1.54, 1.807) is 41.5 Å². The number of amides is 6. The number of carboxylic acid groups (broad SMARTS) is 1. The zero-order valence-electron chi connectivity index (χ0n) is 46.2. The largest absolute Gasteiger partial charge is 0.480 e. The molecule has 6 amide bonds. The van der Waals surface area contributed by atoms with Crippen molar-refractivity contribution in [3.8, 4) is 0 Å². The Kier molecular flexibility index (Phi) is 21.5. The average Bonchev–Trinajstić information content (AvgIpc) is 3.53. The van der Waals surface area contributed by atoms with E-state index in [9.17, 15) is 38.7 Å². The van der Waals surface area contributed by atoms with Crippen LogP contribution < -0.4 is 37.6 Å². The van der Waals surface area contributed by atoms with E-state index < -0.39 is 112 Å². The summed E-state index contributed by atoms with van der Waals surface area (Å²) in [5.41, 5.74) is 9.43. The first-order valence-electron chi connectivity index (χ1n) is 26.6. The summed E-state index contributed by atoms with van der Waals surface area (Å²) in [5, 5.41) is 25.9. The highest BCUT2D eigenvalue weighted by Crippen LogP contribution is 2.48. The van der Waals surface area contributed by atoms with E-state index in [0.717, 1.165) is 33.4 Å². The zero-order chi connectivity index (χ0) is 58.0. The van der Waals surface area contributed by atoms with Crippen molar-refractivity contribution in [3.63, 3.8) is 0 Å². The van der Waals surface area contributed by atoms with Gasteiger partial charge >= 0.3 is 5.97 Å². The lowest BCUT2D eigenvalue weighted by Gasteiger charge is -2.37. The molecular weight excluding hydrogens is 1030 g/mol. The van der Waals surface area contributed by atoms with Crippen molar-refractivity contribution in [2.75, 3.05) is 12.3 Å². The first-order chi connectivity index (χ1) is 38.2. The van der Waals surface area contributed by atoms with Crippen molar-refractivity contribution in [1.29, 1.82) is 0 Å². The summed E-state index contributed by atoms with van der Waals surface area (Å²) in [6.45, 7) is 11.0. The highest BCUT2D eigenvalue weighted by molar-refractivity contribution is 8.00. The number of ether oxygens (including phenoxy) is 1. The van der Waals surface area contributed by atoms with Crippen LogP contribution >= 0.6 is 11.8 Å². The quantitative estimate of drug-likeness (QED) is 0.0271. The molecule has 17 heteroatoms. The van der Waals surface area contributed by atoms with Gasteiger partial charge in [-0.1, -0.05) is 196 Å². The van der Waals surface area contributed by atoms with E-state index in [2.05, 4.69) is 31.9 Å². The van der Waals surface area contributed by atoms with Gasteiger partial charge in [-0.3, -0.25) is 33.6 Å². The van der Waals surface area contributed by atoms with Crippen LogP contribution in [0.5, 0.6) is 0 Å². The molecule has 9 N–H and O–H groups in total. The standard InChI is InChI=1S/C63H73N7O9S/c1-41(2)54(68-57(75)50(64)38-52(71)70-62(44-26-14-8-15-27-44,45-28-16-9-17-29-45)46-30-18-10-19-31-46)60(78)66-42(3)56(74)67-51(58(76)69-55(43(4)79-61(5,6)7)59(77)65-39-53(72)73)40-80-63(47-32-20-11-21-33-47,48-34-22-12-23-35-48)49-36-24-13-25-37-49/h8-37,41-43,50-51,54-55H,38-40,64H2,1-7H3,(H,65,77)(H,66,78)(H,67,74)(H,68,75)(H,69,76)(H,70,71)(H,72,73)/t42-,43+,50-,51-,54-,55-/m0/s1. The Morgan fingerprint density at radius 2 is 0.912 bits per heavy atom. The maximum Gasteiger partial charge on any atom is 0.322 e. The van der Waals surface area contributed by atoms with E-state index in [1.807, 2.05) is 182 Å². The lowest BCUT2D eigenvalue weighted by atomic mass is 9.77. The second-order valence-electron chi connectivity index (χ2n) is 20.9. The second-order valence-corrected chi connectivity index (χ2v) is 22.1. The van der Waals surface area contributed by atoms with Gasteiger partial charge in [-0.25, -0.2) is 0 Å². The van der Waals surface area contributed by atoms with Crippen molar-refractivity contribution in [1.82, 2.24) is 31.9 Å². The number of hydrogen-bond donors (Lipinski definition) is 8. The van der Waals surface area contributed by atoms with Gasteiger partial charge in [0.1, 0.15) is 36.3 Å². The summed E-state index contributed by atoms with van der Waals surface area (Å²) in [6.07, 6.45) is -1.43. The van der Waals surface area contributed by atoms with E-state index in [0.29, 0.717) is 0 Å². The molecule has 80 heavy (non-hydrogen) atoms. The topological polar surface area (TPSA) is 247 Å². The van der Waals surface area contributed by atoms with Crippen LogP contribution in [-0.4, -0.2) is 101 Å². The van der Waals surface area contributed by atoms with Crippen molar-refractivity contribution >= 4 is 53.2 Å². The monoisotopic (exact) mass is 1100 g/mol. The summed E-state index contributed by atoms with van der Waals surface area (Å²) in [7, 11) is 0. The fourth-order valence-corrected chi connectivity index (χ4v) is 11.1. The molecule has 0 saturated carbocycles. The molecule has 0 aliphatic rings. The molecular formula is C63H73N7O9S. The predicted molar refractivity (Wildman–Crippen MR) is 311 cm³/mol. The first-order valence-corrected chi connectivity index (χ1v) is 27.6. The molecule has 420 valence electrons. The minimum absolute atomic E-state index is 0.103. The van der Waals surface area contributed by atoms with Gasteiger partial charge in [-0.2, -0.15) is 0 Å². The summed E-state index contributed by atoms with van der Waals surface area (Å²) in [6, 6.07) is 50.7.